The van der Waals surface area contributed by atoms with E-state index in [9.17, 15) is 23.4 Å². The van der Waals surface area contributed by atoms with E-state index in [1.54, 1.807) is 0 Å². The molecule has 29 heavy (non-hydrogen) atoms. The molecule has 0 aromatic rings. The van der Waals surface area contributed by atoms with Gasteiger partial charge in [0.1, 0.15) is 0 Å². The number of hydrogen-bond donors (Lipinski definition) is 2. The number of halogens is 3. The molecule has 0 aromatic carbocycles. The van der Waals surface area contributed by atoms with E-state index in [0.717, 1.165) is 25.7 Å². The average molecular weight is 417 g/mol. The molecule has 0 amide bonds. The van der Waals surface area contributed by atoms with Crippen LogP contribution < -0.4 is 0 Å². The number of alkyl halides is 3. The Labute approximate surface area is 173 Å². The number of aliphatic hydroxyl groups is 2. The van der Waals surface area contributed by atoms with Gasteiger partial charge in [0, 0.05) is 0 Å². The molecule has 5 heteroatoms. The van der Waals surface area contributed by atoms with Crippen molar-refractivity contribution in [1.82, 2.24) is 0 Å². The Kier molecular flexibility index (Phi) is 5.18. The van der Waals surface area contributed by atoms with Gasteiger partial charge in [-0.3, -0.25) is 0 Å². The highest BCUT2D eigenvalue weighted by Gasteiger charge is 2.65. The first kappa shape index (κ1) is 21.9. The fraction of sp³-hybridized carbons (Fsp3) is 1.00. The Hall–Kier alpha value is -0.290. The summed E-state index contributed by atoms with van der Waals surface area (Å²) in [5.74, 6) is 2.53. The fourth-order valence-corrected chi connectivity index (χ4v) is 8.74. The van der Waals surface area contributed by atoms with E-state index < -0.39 is 11.8 Å². The van der Waals surface area contributed by atoms with Crippen LogP contribution in [0.4, 0.5) is 13.2 Å². The predicted octanol–water partition coefficient (Wildman–Crippen LogP) is 5.96. The molecule has 0 spiro atoms. The number of hydrogen-bond acceptors (Lipinski definition) is 2. The second-order valence-corrected chi connectivity index (χ2v) is 11.7. The molecule has 4 saturated carbocycles. The van der Waals surface area contributed by atoms with Crippen molar-refractivity contribution in [1.29, 1.82) is 0 Å². The molecule has 10 atom stereocenters. The first-order chi connectivity index (χ1) is 13.3. The van der Waals surface area contributed by atoms with Crippen molar-refractivity contribution in [3.63, 3.8) is 0 Å². The first-order valence-corrected chi connectivity index (χ1v) is 11.8. The maximum Gasteiger partial charge on any atom is 0.417 e. The van der Waals surface area contributed by atoms with Crippen LogP contribution in [0.25, 0.3) is 0 Å². The third-order valence-electron chi connectivity index (χ3n) is 10.7. The van der Waals surface area contributed by atoms with Crippen molar-refractivity contribution in [2.75, 3.05) is 0 Å². The Morgan fingerprint density at radius 1 is 0.862 bits per heavy atom. The lowest BCUT2D eigenvalue weighted by atomic mass is 9.43. The summed E-state index contributed by atoms with van der Waals surface area (Å²) in [5.41, 5.74) is -2.31. The molecule has 4 rings (SSSR count). The largest absolute Gasteiger partial charge is 0.417 e. The normalized spacial score (nSPS) is 52.2. The molecule has 0 unspecified atom stereocenters. The molecule has 4 aliphatic rings. The Balaban J connectivity index is 1.56. The van der Waals surface area contributed by atoms with Gasteiger partial charge < -0.3 is 10.2 Å². The number of aliphatic hydroxyl groups excluding tert-OH is 1. The molecule has 4 aliphatic carbocycles. The first-order valence-electron chi connectivity index (χ1n) is 11.8. The van der Waals surface area contributed by atoms with Gasteiger partial charge in [0.05, 0.1) is 6.10 Å². The lowest BCUT2D eigenvalue weighted by molar-refractivity contribution is -0.290. The maximum absolute atomic E-state index is 13.5. The Morgan fingerprint density at radius 2 is 1.52 bits per heavy atom. The standard InChI is InChI=1S/C24H39F3O2/c1-14(15(2)28)18-7-8-19-17-6-5-16-13-23(29,24(25,26)27)12-11-21(16,3)20(17)9-10-22(18,19)4/h14-20,28-29H,5-13H2,1-4H3/t14-,15+,16-,17-,18-,19-,20-,21-,22+,23-/m0/s1. The molecule has 2 N–H and O–H groups in total. The van der Waals surface area contributed by atoms with Gasteiger partial charge in [0.15, 0.2) is 5.60 Å². The van der Waals surface area contributed by atoms with E-state index in [1.165, 1.54) is 12.8 Å². The minimum atomic E-state index is -4.52. The Bertz CT molecular complexity index is 634. The van der Waals surface area contributed by atoms with Crippen LogP contribution in [0.3, 0.4) is 0 Å². The smallest absolute Gasteiger partial charge is 0.393 e. The number of rotatable bonds is 2. The monoisotopic (exact) mass is 416 g/mol. The van der Waals surface area contributed by atoms with Crippen LogP contribution in [-0.4, -0.2) is 28.1 Å². The predicted molar refractivity (Wildman–Crippen MR) is 107 cm³/mol. The summed E-state index contributed by atoms with van der Waals surface area (Å²) in [7, 11) is 0. The van der Waals surface area contributed by atoms with E-state index in [-0.39, 0.29) is 35.7 Å². The fourth-order valence-electron chi connectivity index (χ4n) is 8.74. The SMILES string of the molecule is C[C@@H]([C@@H](C)O)[C@@H]1CC[C@H]2[C@@H]3CC[C@H]4C[C@](O)(C(F)(F)F)CC[C@]4(C)[C@H]3CC[C@]12C. The minimum Gasteiger partial charge on any atom is -0.393 e. The van der Waals surface area contributed by atoms with Crippen molar-refractivity contribution in [2.45, 2.75) is 103 Å². The van der Waals surface area contributed by atoms with Crippen molar-refractivity contribution >= 4 is 0 Å². The van der Waals surface area contributed by atoms with Crippen LogP contribution in [0.15, 0.2) is 0 Å². The molecule has 0 aliphatic heterocycles. The molecule has 4 fully saturated rings. The van der Waals surface area contributed by atoms with E-state index in [4.69, 9.17) is 0 Å². The zero-order valence-electron chi connectivity index (χ0n) is 18.4. The van der Waals surface area contributed by atoms with Crippen LogP contribution >= 0.6 is 0 Å². The molecule has 168 valence electrons. The van der Waals surface area contributed by atoms with Gasteiger partial charge in [-0.05, 0) is 111 Å². The van der Waals surface area contributed by atoms with E-state index in [2.05, 4.69) is 20.8 Å². The van der Waals surface area contributed by atoms with E-state index in [0.29, 0.717) is 36.0 Å². The van der Waals surface area contributed by atoms with Crippen molar-refractivity contribution < 1.29 is 23.4 Å². The molecule has 0 aromatic heterocycles. The zero-order valence-corrected chi connectivity index (χ0v) is 18.4. The van der Waals surface area contributed by atoms with Gasteiger partial charge in [-0.25, -0.2) is 0 Å². The molecular formula is C24H39F3O2. The van der Waals surface area contributed by atoms with Crippen LogP contribution in [0.2, 0.25) is 0 Å². The minimum absolute atomic E-state index is 0.0259. The van der Waals surface area contributed by atoms with Crippen molar-refractivity contribution in [3.8, 4) is 0 Å². The highest BCUT2D eigenvalue weighted by molar-refractivity contribution is 5.11. The molecule has 2 nitrogen and oxygen atoms in total. The van der Waals surface area contributed by atoms with Crippen LogP contribution in [-0.2, 0) is 0 Å². The van der Waals surface area contributed by atoms with Crippen LogP contribution in [0.5, 0.6) is 0 Å². The third-order valence-corrected chi connectivity index (χ3v) is 10.7. The van der Waals surface area contributed by atoms with Crippen molar-refractivity contribution in [3.05, 3.63) is 0 Å². The van der Waals surface area contributed by atoms with Crippen LogP contribution in [0.1, 0.15) is 85.5 Å². The summed E-state index contributed by atoms with van der Waals surface area (Å²) in [6, 6.07) is 0. The van der Waals surface area contributed by atoms with E-state index >= 15 is 0 Å². The maximum atomic E-state index is 13.5. The zero-order chi connectivity index (χ0) is 21.4. The second-order valence-electron chi connectivity index (χ2n) is 11.7. The molecule has 0 radical (unpaired) electrons. The van der Waals surface area contributed by atoms with Crippen LogP contribution in [0, 0.1) is 46.3 Å². The summed E-state index contributed by atoms with van der Waals surface area (Å²) < 4.78 is 40.4. The number of fused-ring (bicyclic) bond motifs is 5. The topological polar surface area (TPSA) is 40.5 Å². The van der Waals surface area contributed by atoms with Gasteiger partial charge in [0.2, 0.25) is 0 Å². The molecule has 0 bridgehead atoms. The molecule has 0 heterocycles. The van der Waals surface area contributed by atoms with Crippen molar-refractivity contribution in [2.24, 2.45) is 46.3 Å². The van der Waals surface area contributed by atoms with Gasteiger partial charge in [-0.1, -0.05) is 20.8 Å². The highest BCUT2D eigenvalue weighted by Crippen LogP contribution is 2.69. The molecule has 0 saturated heterocycles. The molecular weight excluding hydrogens is 377 g/mol. The lowest BCUT2D eigenvalue weighted by Crippen LogP contribution is -2.59. The van der Waals surface area contributed by atoms with E-state index in [1.807, 2.05) is 6.92 Å². The van der Waals surface area contributed by atoms with Gasteiger partial charge in [-0.15, -0.1) is 0 Å². The summed E-state index contributed by atoms with van der Waals surface area (Å²) in [5, 5.41) is 20.6. The quantitative estimate of drug-likeness (QED) is 0.583. The van der Waals surface area contributed by atoms with Gasteiger partial charge >= 0.3 is 6.18 Å². The summed E-state index contributed by atoms with van der Waals surface area (Å²) in [6.07, 6.45) is 1.85. The van der Waals surface area contributed by atoms with Gasteiger partial charge in [0.25, 0.3) is 0 Å². The summed E-state index contributed by atoms with van der Waals surface area (Å²) in [4.78, 5) is 0. The summed E-state index contributed by atoms with van der Waals surface area (Å²) >= 11 is 0. The average Bonchev–Trinajstić information content (AvgIpc) is 2.98. The Morgan fingerprint density at radius 3 is 2.14 bits per heavy atom. The highest BCUT2D eigenvalue weighted by atomic mass is 19.4. The van der Waals surface area contributed by atoms with Gasteiger partial charge in [-0.2, -0.15) is 13.2 Å². The lowest BCUT2D eigenvalue weighted by Gasteiger charge is -2.62. The second kappa shape index (κ2) is 6.85. The third kappa shape index (κ3) is 3.11. The summed E-state index contributed by atoms with van der Waals surface area (Å²) in [6.45, 7) is 8.76.